The summed E-state index contributed by atoms with van der Waals surface area (Å²) in [5.41, 5.74) is -0.0381. The molecular formula is C16H21N3O5. The van der Waals surface area contributed by atoms with Crippen molar-refractivity contribution in [1.82, 2.24) is 4.90 Å². The van der Waals surface area contributed by atoms with Crippen LogP contribution in [0.4, 0.5) is 16.2 Å². The summed E-state index contributed by atoms with van der Waals surface area (Å²) in [7, 11) is 0. The van der Waals surface area contributed by atoms with Crippen LogP contribution in [0.15, 0.2) is 18.2 Å². The topological polar surface area (TPSA) is 93.0 Å². The van der Waals surface area contributed by atoms with E-state index in [0.29, 0.717) is 38.2 Å². The Hall–Kier alpha value is -2.64. The van der Waals surface area contributed by atoms with E-state index in [9.17, 15) is 19.7 Å². The Morgan fingerprint density at radius 1 is 1.25 bits per heavy atom. The number of piperazine rings is 1. The molecule has 0 aromatic heterocycles. The van der Waals surface area contributed by atoms with Crippen LogP contribution >= 0.6 is 0 Å². The fourth-order valence-corrected chi connectivity index (χ4v) is 2.46. The van der Waals surface area contributed by atoms with Gasteiger partial charge in [-0.2, -0.15) is 0 Å². The van der Waals surface area contributed by atoms with Gasteiger partial charge in [-0.3, -0.25) is 14.9 Å². The van der Waals surface area contributed by atoms with Crippen molar-refractivity contribution in [1.29, 1.82) is 0 Å². The molecule has 0 atom stereocenters. The monoisotopic (exact) mass is 335 g/mol. The first-order valence-electron chi connectivity index (χ1n) is 7.68. The lowest BCUT2D eigenvalue weighted by molar-refractivity contribution is -0.385. The minimum atomic E-state index is -0.565. The highest BCUT2D eigenvalue weighted by Crippen LogP contribution is 2.25. The Bertz CT molecular complexity index is 646. The van der Waals surface area contributed by atoms with Gasteiger partial charge in [0.25, 0.3) is 5.69 Å². The van der Waals surface area contributed by atoms with Crippen molar-refractivity contribution in [3.63, 3.8) is 0 Å². The van der Waals surface area contributed by atoms with E-state index >= 15 is 0 Å². The molecule has 130 valence electrons. The highest BCUT2D eigenvalue weighted by Gasteiger charge is 2.26. The molecule has 0 N–H and O–H groups in total. The third kappa shape index (κ3) is 4.21. The van der Waals surface area contributed by atoms with E-state index in [2.05, 4.69) is 0 Å². The zero-order chi connectivity index (χ0) is 17.9. The van der Waals surface area contributed by atoms with Crippen LogP contribution in [0.25, 0.3) is 0 Å². The van der Waals surface area contributed by atoms with Crippen LogP contribution in [0.3, 0.4) is 0 Å². The molecule has 1 amide bonds. The Morgan fingerprint density at radius 3 is 2.38 bits per heavy atom. The maximum absolute atomic E-state index is 12.0. The predicted octanol–water partition coefficient (Wildman–Crippen LogP) is 2.46. The van der Waals surface area contributed by atoms with E-state index in [-0.39, 0.29) is 17.3 Å². The van der Waals surface area contributed by atoms with Gasteiger partial charge in [-0.1, -0.05) is 0 Å². The van der Waals surface area contributed by atoms with E-state index in [4.69, 9.17) is 4.74 Å². The highest BCUT2D eigenvalue weighted by atomic mass is 16.6. The fourth-order valence-electron chi connectivity index (χ4n) is 2.46. The first-order chi connectivity index (χ1) is 11.2. The molecule has 0 spiro atoms. The second-order valence-electron chi connectivity index (χ2n) is 6.57. The molecule has 2 rings (SSSR count). The normalized spacial score (nSPS) is 15.1. The smallest absolute Gasteiger partial charge is 0.410 e. The molecule has 1 fully saturated rings. The number of carbonyl (C=O) groups is 2. The van der Waals surface area contributed by atoms with Gasteiger partial charge >= 0.3 is 6.09 Å². The van der Waals surface area contributed by atoms with Gasteiger partial charge in [0.15, 0.2) is 6.29 Å². The van der Waals surface area contributed by atoms with Gasteiger partial charge < -0.3 is 14.5 Å². The Labute approximate surface area is 140 Å². The summed E-state index contributed by atoms with van der Waals surface area (Å²) in [6.45, 7) is 7.46. The number of nitro benzene ring substituents is 1. The standard InChI is InChI=1S/C16H21N3O5/c1-16(2,3)24-15(21)18-8-6-17(7-9-18)13-5-4-12(11-20)14(10-13)19(22)23/h4-5,10-11H,6-9H2,1-3H3. The lowest BCUT2D eigenvalue weighted by Crippen LogP contribution is -2.50. The number of hydrogen-bond acceptors (Lipinski definition) is 6. The maximum Gasteiger partial charge on any atom is 0.410 e. The second kappa shape index (κ2) is 6.86. The van der Waals surface area contributed by atoms with E-state index < -0.39 is 10.5 Å². The van der Waals surface area contributed by atoms with Gasteiger partial charge in [0.05, 0.1) is 10.5 Å². The first kappa shape index (κ1) is 17.7. The van der Waals surface area contributed by atoms with E-state index in [1.165, 1.54) is 12.1 Å². The largest absolute Gasteiger partial charge is 0.444 e. The quantitative estimate of drug-likeness (QED) is 0.478. The molecule has 0 unspecified atom stereocenters. The van der Waals surface area contributed by atoms with Gasteiger partial charge in [0.1, 0.15) is 5.60 Å². The predicted molar refractivity (Wildman–Crippen MR) is 88.5 cm³/mol. The SMILES string of the molecule is CC(C)(C)OC(=O)N1CCN(c2ccc(C=O)c([N+](=O)[O-])c2)CC1. The van der Waals surface area contributed by atoms with Crippen molar-refractivity contribution in [2.75, 3.05) is 31.1 Å². The molecular weight excluding hydrogens is 314 g/mol. The van der Waals surface area contributed by atoms with Crippen molar-refractivity contribution >= 4 is 23.8 Å². The number of aldehydes is 1. The number of hydrogen-bond donors (Lipinski definition) is 0. The van der Waals surface area contributed by atoms with Crippen LogP contribution in [-0.2, 0) is 4.74 Å². The zero-order valence-corrected chi connectivity index (χ0v) is 14.0. The van der Waals surface area contributed by atoms with Crippen LogP contribution in [0.2, 0.25) is 0 Å². The van der Waals surface area contributed by atoms with Crippen molar-refractivity contribution in [2.24, 2.45) is 0 Å². The van der Waals surface area contributed by atoms with E-state index in [1.807, 2.05) is 25.7 Å². The van der Waals surface area contributed by atoms with Crippen LogP contribution < -0.4 is 4.90 Å². The molecule has 24 heavy (non-hydrogen) atoms. The molecule has 1 saturated heterocycles. The number of amides is 1. The molecule has 1 aliphatic heterocycles. The minimum Gasteiger partial charge on any atom is -0.444 e. The Kier molecular flexibility index (Phi) is 5.06. The Morgan fingerprint density at radius 2 is 1.88 bits per heavy atom. The molecule has 0 aliphatic carbocycles. The lowest BCUT2D eigenvalue weighted by atomic mass is 10.1. The number of rotatable bonds is 3. The van der Waals surface area contributed by atoms with Gasteiger partial charge in [0, 0.05) is 37.9 Å². The molecule has 1 aliphatic rings. The van der Waals surface area contributed by atoms with Gasteiger partial charge in [0.2, 0.25) is 0 Å². The molecule has 8 heteroatoms. The van der Waals surface area contributed by atoms with Crippen molar-refractivity contribution < 1.29 is 19.2 Å². The molecule has 0 saturated carbocycles. The zero-order valence-electron chi connectivity index (χ0n) is 14.0. The lowest BCUT2D eigenvalue weighted by Gasteiger charge is -2.36. The molecule has 0 bridgehead atoms. The average molecular weight is 335 g/mol. The van der Waals surface area contributed by atoms with Gasteiger partial charge in [-0.25, -0.2) is 4.79 Å². The molecule has 1 heterocycles. The van der Waals surface area contributed by atoms with Gasteiger partial charge in [-0.15, -0.1) is 0 Å². The number of ether oxygens (including phenoxy) is 1. The summed E-state index contributed by atoms with van der Waals surface area (Å²) in [5, 5.41) is 11.0. The number of nitrogens with zero attached hydrogens (tertiary/aromatic N) is 3. The fraction of sp³-hybridized carbons (Fsp3) is 0.500. The summed E-state index contributed by atoms with van der Waals surface area (Å²) in [4.78, 5) is 37.0. The molecule has 1 aromatic carbocycles. The highest BCUT2D eigenvalue weighted by molar-refractivity contribution is 5.83. The molecule has 0 radical (unpaired) electrons. The number of carbonyl (C=O) groups excluding carboxylic acids is 2. The molecule has 1 aromatic rings. The number of benzene rings is 1. The summed E-state index contributed by atoms with van der Waals surface area (Å²) < 4.78 is 5.34. The Balaban J connectivity index is 2.05. The second-order valence-corrected chi connectivity index (χ2v) is 6.57. The summed E-state index contributed by atoms with van der Waals surface area (Å²) in [6, 6.07) is 4.52. The molecule has 8 nitrogen and oxygen atoms in total. The van der Waals surface area contributed by atoms with Gasteiger partial charge in [-0.05, 0) is 32.9 Å². The summed E-state index contributed by atoms with van der Waals surface area (Å²) >= 11 is 0. The van der Waals surface area contributed by atoms with Crippen LogP contribution in [0, 0.1) is 10.1 Å². The first-order valence-corrected chi connectivity index (χ1v) is 7.68. The van der Waals surface area contributed by atoms with Crippen LogP contribution in [0.5, 0.6) is 0 Å². The summed E-state index contributed by atoms with van der Waals surface area (Å²) in [5.74, 6) is 0. The minimum absolute atomic E-state index is 0.0520. The van der Waals surface area contributed by atoms with Crippen molar-refractivity contribution in [3.05, 3.63) is 33.9 Å². The van der Waals surface area contributed by atoms with Crippen LogP contribution in [-0.4, -0.2) is 54.0 Å². The van der Waals surface area contributed by atoms with Crippen molar-refractivity contribution in [3.8, 4) is 0 Å². The number of nitro groups is 1. The van der Waals surface area contributed by atoms with Crippen LogP contribution in [0.1, 0.15) is 31.1 Å². The third-order valence-electron chi connectivity index (χ3n) is 3.63. The van der Waals surface area contributed by atoms with Crippen molar-refractivity contribution in [2.45, 2.75) is 26.4 Å². The number of anilines is 1. The van der Waals surface area contributed by atoms with E-state index in [0.717, 1.165) is 0 Å². The van der Waals surface area contributed by atoms with E-state index in [1.54, 1.807) is 11.0 Å². The third-order valence-corrected chi connectivity index (χ3v) is 3.63. The summed E-state index contributed by atoms with van der Waals surface area (Å²) in [6.07, 6.45) is 0.118. The maximum atomic E-state index is 12.0. The average Bonchev–Trinajstić information content (AvgIpc) is 2.52.